The van der Waals surface area contributed by atoms with Gasteiger partial charge in [-0.15, -0.1) is 11.3 Å². The third kappa shape index (κ3) is 2.25. The standard InChI is InChI=1S/C13H17BrOS/c1-9-8-10(14)11(16-9)12(15)13(2)6-4-3-5-7-13/h8H,3-7H2,1-2H3. The predicted molar refractivity (Wildman–Crippen MR) is 72.3 cm³/mol. The van der Waals surface area contributed by atoms with Crippen molar-refractivity contribution < 1.29 is 4.79 Å². The third-order valence-corrected chi connectivity index (χ3v) is 5.46. The molecule has 1 fully saturated rings. The minimum Gasteiger partial charge on any atom is -0.293 e. The van der Waals surface area contributed by atoms with Crippen LogP contribution < -0.4 is 0 Å². The molecule has 0 amide bonds. The maximum Gasteiger partial charge on any atom is 0.179 e. The summed E-state index contributed by atoms with van der Waals surface area (Å²) in [4.78, 5) is 14.7. The molecule has 1 nitrogen and oxygen atoms in total. The second kappa shape index (κ2) is 4.61. The average Bonchev–Trinajstić information content (AvgIpc) is 2.58. The minimum atomic E-state index is -0.113. The van der Waals surface area contributed by atoms with Crippen molar-refractivity contribution in [3.05, 3.63) is 20.3 Å². The molecule has 0 aromatic carbocycles. The molecule has 0 bridgehead atoms. The number of Topliss-reactive ketones (excluding diaryl/α,β-unsaturated/α-hetero) is 1. The van der Waals surface area contributed by atoms with E-state index in [0.717, 1.165) is 22.2 Å². The summed E-state index contributed by atoms with van der Waals surface area (Å²) in [6.07, 6.45) is 5.78. The van der Waals surface area contributed by atoms with E-state index in [1.54, 1.807) is 11.3 Å². The van der Waals surface area contributed by atoms with Gasteiger partial charge in [0.25, 0.3) is 0 Å². The summed E-state index contributed by atoms with van der Waals surface area (Å²) in [5, 5.41) is 0. The fourth-order valence-electron chi connectivity index (χ4n) is 2.47. The van der Waals surface area contributed by atoms with E-state index in [1.165, 1.54) is 24.1 Å². The SMILES string of the molecule is Cc1cc(Br)c(C(=O)C2(C)CCCCC2)s1. The number of aryl methyl sites for hydroxylation is 1. The first kappa shape index (κ1) is 12.3. The van der Waals surface area contributed by atoms with Crippen molar-refractivity contribution in [3.63, 3.8) is 0 Å². The number of rotatable bonds is 2. The summed E-state index contributed by atoms with van der Waals surface area (Å²) < 4.78 is 0.979. The molecule has 2 rings (SSSR count). The van der Waals surface area contributed by atoms with Gasteiger partial charge in [-0.25, -0.2) is 0 Å². The van der Waals surface area contributed by atoms with E-state index in [1.807, 2.05) is 6.07 Å². The molecule has 0 N–H and O–H groups in total. The Labute approximate surface area is 109 Å². The molecule has 88 valence electrons. The molecule has 0 atom stereocenters. The normalized spacial score (nSPS) is 19.7. The maximum absolute atomic E-state index is 12.5. The van der Waals surface area contributed by atoms with Gasteiger partial charge in [-0.05, 0) is 41.8 Å². The Hall–Kier alpha value is -0.150. The van der Waals surface area contributed by atoms with Crippen molar-refractivity contribution in [1.29, 1.82) is 0 Å². The van der Waals surface area contributed by atoms with Gasteiger partial charge in [-0.1, -0.05) is 26.2 Å². The van der Waals surface area contributed by atoms with Crippen molar-refractivity contribution in [2.45, 2.75) is 46.0 Å². The lowest BCUT2D eigenvalue weighted by Gasteiger charge is -2.31. The molecule has 0 unspecified atom stereocenters. The van der Waals surface area contributed by atoms with Crippen LogP contribution >= 0.6 is 27.3 Å². The first-order valence-electron chi connectivity index (χ1n) is 5.84. The van der Waals surface area contributed by atoms with E-state index < -0.39 is 0 Å². The highest BCUT2D eigenvalue weighted by Gasteiger charge is 2.36. The first-order valence-corrected chi connectivity index (χ1v) is 7.45. The van der Waals surface area contributed by atoms with Gasteiger partial charge in [0.2, 0.25) is 0 Å². The fraction of sp³-hybridized carbons (Fsp3) is 0.615. The third-order valence-electron chi connectivity index (χ3n) is 3.52. The highest BCUT2D eigenvalue weighted by molar-refractivity contribution is 9.10. The van der Waals surface area contributed by atoms with Crippen LogP contribution in [0, 0.1) is 12.3 Å². The van der Waals surface area contributed by atoms with Gasteiger partial charge in [-0.3, -0.25) is 4.79 Å². The number of hydrogen-bond donors (Lipinski definition) is 0. The van der Waals surface area contributed by atoms with Crippen LogP contribution in [0.2, 0.25) is 0 Å². The van der Waals surface area contributed by atoms with Crippen molar-refractivity contribution in [2.24, 2.45) is 5.41 Å². The van der Waals surface area contributed by atoms with E-state index in [4.69, 9.17) is 0 Å². The average molecular weight is 301 g/mol. The molecule has 1 saturated carbocycles. The highest BCUT2D eigenvalue weighted by Crippen LogP contribution is 2.41. The van der Waals surface area contributed by atoms with Crippen LogP contribution in [-0.4, -0.2) is 5.78 Å². The van der Waals surface area contributed by atoms with E-state index in [-0.39, 0.29) is 5.41 Å². The number of halogens is 1. The molecule has 0 saturated heterocycles. The number of ketones is 1. The number of carbonyl (C=O) groups excluding carboxylic acids is 1. The monoisotopic (exact) mass is 300 g/mol. The Morgan fingerprint density at radius 1 is 1.38 bits per heavy atom. The molecule has 16 heavy (non-hydrogen) atoms. The van der Waals surface area contributed by atoms with Crippen molar-refractivity contribution in [1.82, 2.24) is 0 Å². The van der Waals surface area contributed by atoms with Crippen LogP contribution in [-0.2, 0) is 0 Å². The fourth-order valence-corrected chi connectivity index (χ4v) is 4.38. The zero-order valence-corrected chi connectivity index (χ0v) is 12.2. The van der Waals surface area contributed by atoms with Gasteiger partial charge in [0.15, 0.2) is 5.78 Å². The maximum atomic E-state index is 12.5. The van der Waals surface area contributed by atoms with Gasteiger partial charge in [-0.2, -0.15) is 0 Å². The smallest absolute Gasteiger partial charge is 0.179 e. The predicted octanol–water partition coefficient (Wildman–Crippen LogP) is 4.97. The topological polar surface area (TPSA) is 17.1 Å². The molecule has 0 aliphatic heterocycles. The summed E-state index contributed by atoms with van der Waals surface area (Å²) in [6, 6.07) is 2.05. The van der Waals surface area contributed by atoms with Crippen LogP contribution in [0.1, 0.15) is 53.6 Å². The number of carbonyl (C=O) groups is 1. The van der Waals surface area contributed by atoms with Crippen LogP contribution in [0.25, 0.3) is 0 Å². The molecule has 3 heteroatoms. The molecular formula is C13H17BrOS. The van der Waals surface area contributed by atoms with Crippen molar-refractivity contribution in [3.8, 4) is 0 Å². The Bertz CT molecular complexity index is 402. The van der Waals surface area contributed by atoms with Gasteiger partial charge < -0.3 is 0 Å². The van der Waals surface area contributed by atoms with Gasteiger partial charge in [0.1, 0.15) is 0 Å². The summed E-state index contributed by atoms with van der Waals surface area (Å²) in [6.45, 7) is 4.19. The summed E-state index contributed by atoms with van der Waals surface area (Å²) >= 11 is 5.12. The Kier molecular flexibility index (Phi) is 3.55. The van der Waals surface area contributed by atoms with E-state index in [9.17, 15) is 4.79 Å². The van der Waals surface area contributed by atoms with Crippen LogP contribution in [0.3, 0.4) is 0 Å². The zero-order chi connectivity index (χ0) is 11.8. The number of thiophene rings is 1. The second-order valence-electron chi connectivity index (χ2n) is 4.98. The van der Waals surface area contributed by atoms with E-state index in [0.29, 0.717) is 5.78 Å². The summed E-state index contributed by atoms with van der Waals surface area (Å²) in [5.41, 5.74) is -0.113. The zero-order valence-electron chi connectivity index (χ0n) is 9.81. The van der Waals surface area contributed by atoms with Gasteiger partial charge >= 0.3 is 0 Å². The second-order valence-corrected chi connectivity index (χ2v) is 7.10. The Morgan fingerprint density at radius 3 is 2.50 bits per heavy atom. The highest BCUT2D eigenvalue weighted by atomic mass is 79.9. The molecule has 1 aliphatic carbocycles. The lowest BCUT2D eigenvalue weighted by atomic mass is 9.72. The molecule has 1 aliphatic rings. The van der Waals surface area contributed by atoms with Crippen LogP contribution in [0.15, 0.2) is 10.5 Å². The lowest BCUT2D eigenvalue weighted by molar-refractivity contribution is 0.0753. The molecule has 1 aromatic heterocycles. The molecule has 1 heterocycles. The molecular weight excluding hydrogens is 284 g/mol. The lowest BCUT2D eigenvalue weighted by Crippen LogP contribution is -2.29. The Morgan fingerprint density at radius 2 is 2.00 bits per heavy atom. The van der Waals surface area contributed by atoms with E-state index >= 15 is 0 Å². The minimum absolute atomic E-state index is 0.113. The molecule has 0 radical (unpaired) electrons. The summed E-state index contributed by atoms with van der Waals surface area (Å²) in [7, 11) is 0. The molecule has 0 spiro atoms. The Balaban J connectivity index is 2.27. The van der Waals surface area contributed by atoms with Crippen LogP contribution in [0.4, 0.5) is 0 Å². The van der Waals surface area contributed by atoms with Crippen LogP contribution in [0.5, 0.6) is 0 Å². The molecule has 1 aromatic rings. The van der Waals surface area contributed by atoms with Gasteiger partial charge in [0, 0.05) is 14.8 Å². The van der Waals surface area contributed by atoms with Crippen molar-refractivity contribution >= 4 is 33.0 Å². The number of hydrogen-bond acceptors (Lipinski definition) is 2. The summed E-state index contributed by atoms with van der Waals surface area (Å²) in [5.74, 6) is 0.345. The van der Waals surface area contributed by atoms with Crippen molar-refractivity contribution in [2.75, 3.05) is 0 Å². The quantitative estimate of drug-likeness (QED) is 0.705. The largest absolute Gasteiger partial charge is 0.293 e. The van der Waals surface area contributed by atoms with Gasteiger partial charge in [0.05, 0.1) is 4.88 Å². The first-order chi connectivity index (χ1) is 7.53. The van der Waals surface area contributed by atoms with E-state index in [2.05, 4.69) is 29.8 Å².